The summed E-state index contributed by atoms with van der Waals surface area (Å²) in [6, 6.07) is 16.6. The monoisotopic (exact) mass is 445 g/mol. The molecular weight excluding hydrogens is 422 g/mol. The first kappa shape index (κ1) is 22.3. The maximum absolute atomic E-state index is 12.6. The van der Waals surface area contributed by atoms with Crippen molar-refractivity contribution in [3.63, 3.8) is 0 Å². The van der Waals surface area contributed by atoms with E-state index in [0.29, 0.717) is 18.7 Å². The van der Waals surface area contributed by atoms with Gasteiger partial charge in [-0.05, 0) is 66.4 Å². The molecule has 0 aliphatic rings. The van der Waals surface area contributed by atoms with Crippen molar-refractivity contribution in [2.45, 2.75) is 21.5 Å². The Morgan fingerprint density at radius 3 is 1.78 bits per heavy atom. The molecule has 0 aliphatic heterocycles. The van der Waals surface area contributed by atoms with Gasteiger partial charge < -0.3 is 4.90 Å². The highest BCUT2D eigenvalue weighted by Gasteiger charge is 2.24. The Morgan fingerprint density at radius 1 is 0.815 bits per heavy atom. The summed E-state index contributed by atoms with van der Waals surface area (Å²) in [5, 5.41) is -0.233. The van der Waals surface area contributed by atoms with E-state index in [1.807, 2.05) is 19.0 Å². The summed E-state index contributed by atoms with van der Waals surface area (Å²) >= 11 is 0. The maximum atomic E-state index is 12.6. The van der Waals surface area contributed by atoms with Crippen LogP contribution in [0.2, 0.25) is 0 Å². The molecule has 0 fully saturated rings. The van der Waals surface area contributed by atoms with Crippen LogP contribution in [0.15, 0.2) is 70.5 Å². The quantitative estimate of drug-likeness (QED) is 0.518. The summed E-state index contributed by atoms with van der Waals surface area (Å²) in [5.41, 5.74) is 0. The van der Waals surface area contributed by atoms with Crippen LogP contribution in [0.4, 0.5) is 0 Å². The van der Waals surface area contributed by atoms with Gasteiger partial charge >= 0.3 is 0 Å². The molecule has 2 aromatic carbocycles. The normalized spacial score (nSPS) is 13.6. The number of hydrogen-bond donors (Lipinski definition) is 0. The molecule has 0 saturated carbocycles. The van der Waals surface area contributed by atoms with E-state index in [1.165, 1.54) is 0 Å². The smallest absolute Gasteiger partial charge is 0.230 e. The van der Waals surface area contributed by atoms with Crippen molar-refractivity contribution in [2.75, 3.05) is 26.4 Å². The summed E-state index contributed by atoms with van der Waals surface area (Å²) in [4.78, 5) is 2.45. The highest BCUT2D eigenvalue weighted by atomic mass is 33.1. The zero-order chi connectivity index (χ0) is 19.9. The molecule has 0 amide bonds. The molecule has 0 aromatic heterocycles. The van der Waals surface area contributed by atoms with Crippen LogP contribution < -0.4 is 0 Å². The van der Waals surface area contributed by atoms with Gasteiger partial charge in [0.1, 0.15) is 0 Å². The highest BCUT2D eigenvalue weighted by Crippen LogP contribution is 2.31. The van der Waals surface area contributed by atoms with Gasteiger partial charge in [0.2, 0.25) is 17.7 Å². The van der Waals surface area contributed by atoms with Crippen molar-refractivity contribution in [1.82, 2.24) is 4.90 Å². The van der Waals surface area contributed by atoms with Crippen molar-refractivity contribution >= 4 is 39.3 Å². The van der Waals surface area contributed by atoms with E-state index in [1.54, 1.807) is 60.7 Å². The fourth-order valence-electron chi connectivity index (χ4n) is 2.34. The Balaban J connectivity index is 2.03. The second-order valence-electron chi connectivity index (χ2n) is 6.13. The third-order valence-corrected chi connectivity index (χ3v) is 11.1. The third kappa shape index (κ3) is 7.15. The van der Waals surface area contributed by atoms with Crippen molar-refractivity contribution in [3.8, 4) is 0 Å². The van der Waals surface area contributed by atoms with Gasteiger partial charge in [-0.25, -0.2) is 16.8 Å². The number of rotatable bonds is 10. The highest BCUT2D eigenvalue weighted by molar-refractivity contribution is 8.72. The van der Waals surface area contributed by atoms with Gasteiger partial charge in [-0.2, -0.15) is 0 Å². The van der Waals surface area contributed by atoms with Gasteiger partial charge in [0, 0.05) is 17.5 Å². The van der Waals surface area contributed by atoms with Gasteiger partial charge in [0.25, 0.3) is 0 Å². The van der Waals surface area contributed by atoms with Gasteiger partial charge in [-0.1, -0.05) is 36.4 Å². The third-order valence-electron chi connectivity index (χ3n) is 3.57. The topological polar surface area (TPSA) is 71.5 Å². The molecule has 5 nitrogen and oxygen atoms in total. The van der Waals surface area contributed by atoms with Crippen LogP contribution in [0.25, 0.3) is 0 Å². The molecule has 1 unspecified atom stereocenters. The lowest BCUT2D eigenvalue weighted by molar-refractivity contribution is 0.405. The van der Waals surface area contributed by atoms with Crippen molar-refractivity contribution < 1.29 is 16.8 Å². The fourth-order valence-corrected chi connectivity index (χ4v) is 9.15. The lowest BCUT2D eigenvalue weighted by atomic mass is 10.3. The van der Waals surface area contributed by atoms with E-state index < -0.39 is 17.7 Å². The lowest BCUT2D eigenvalue weighted by Gasteiger charge is -2.20. The Labute approximate surface area is 169 Å². The summed E-state index contributed by atoms with van der Waals surface area (Å²) in [5.74, 6) is 0.326. The van der Waals surface area contributed by atoms with Crippen molar-refractivity contribution in [1.29, 1.82) is 0 Å². The Bertz CT molecular complexity index is 914. The van der Waals surface area contributed by atoms with Crippen LogP contribution in [0.3, 0.4) is 0 Å². The number of benzene rings is 2. The molecule has 0 heterocycles. The number of hydrogen-bond acceptors (Lipinski definition) is 7. The largest absolute Gasteiger partial charge is 0.308 e. The van der Waals surface area contributed by atoms with Gasteiger partial charge in [-0.3, -0.25) is 0 Å². The molecule has 1 atom stereocenters. The molecule has 9 heteroatoms. The standard InChI is InChI=1S/C18H23NO4S4/c1-19(2)15-16(25-27(22,23)18-11-7-4-8-12-18)13-14-24-26(20,21)17-9-5-3-6-10-17/h3-12,16H,13-15H2,1-2H3. The molecule has 0 radical (unpaired) electrons. The summed E-state index contributed by atoms with van der Waals surface area (Å²) < 4.78 is 50.0. The minimum absolute atomic E-state index is 0.233. The molecule has 0 N–H and O–H groups in total. The predicted octanol–water partition coefficient (Wildman–Crippen LogP) is 3.55. The summed E-state index contributed by atoms with van der Waals surface area (Å²) in [6.45, 7) is 0.544. The van der Waals surface area contributed by atoms with E-state index in [-0.39, 0.29) is 15.0 Å². The van der Waals surface area contributed by atoms with E-state index in [9.17, 15) is 16.8 Å². The molecule has 2 aromatic rings. The fraction of sp³-hybridized carbons (Fsp3) is 0.333. The molecular formula is C18H23NO4S4. The Morgan fingerprint density at radius 2 is 1.30 bits per heavy atom. The predicted molar refractivity (Wildman–Crippen MR) is 114 cm³/mol. The average Bonchev–Trinajstić information content (AvgIpc) is 2.62. The molecule has 0 spiro atoms. The van der Waals surface area contributed by atoms with Crippen molar-refractivity contribution in [3.05, 3.63) is 60.7 Å². The first-order chi connectivity index (χ1) is 12.7. The van der Waals surface area contributed by atoms with Gasteiger partial charge in [-0.15, -0.1) is 0 Å². The summed E-state index contributed by atoms with van der Waals surface area (Å²) in [6.07, 6.45) is 0.464. The first-order valence-electron chi connectivity index (χ1n) is 8.28. The molecule has 27 heavy (non-hydrogen) atoms. The molecule has 0 bridgehead atoms. The van der Waals surface area contributed by atoms with E-state index >= 15 is 0 Å². The summed E-state index contributed by atoms with van der Waals surface area (Å²) in [7, 11) is -1.43. The molecule has 0 aliphatic carbocycles. The Kier molecular flexibility index (Phi) is 8.23. The van der Waals surface area contributed by atoms with Gasteiger partial charge in [0.05, 0.1) is 9.79 Å². The maximum Gasteiger partial charge on any atom is 0.230 e. The lowest BCUT2D eigenvalue weighted by Crippen LogP contribution is -2.25. The van der Waals surface area contributed by atoms with Crippen LogP contribution in [-0.2, 0) is 17.7 Å². The molecule has 0 saturated heterocycles. The zero-order valence-electron chi connectivity index (χ0n) is 15.2. The first-order valence-corrected chi connectivity index (χ1v) is 14.1. The second-order valence-corrected chi connectivity index (χ2v) is 14.3. The average molecular weight is 446 g/mol. The minimum atomic E-state index is -3.49. The van der Waals surface area contributed by atoms with Crippen LogP contribution >= 0.6 is 21.6 Å². The molecule has 148 valence electrons. The van der Waals surface area contributed by atoms with E-state index in [0.717, 1.165) is 21.6 Å². The van der Waals surface area contributed by atoms with Crippen LogP contribution in [0.1, 0.15) is 6.42 Å². The number of nitrogens with zero attached hydrogens (tertiary/aromatic N) is 1. The minimum Gasteiger partial charge on any atom is -0.308 e. The SMILES string of the molecule is CN(C)CC(CCSS(=O)(=O)c1ccccc1)SS(=O)(=O)c1ccccc1. The van der Waals surface area contributed by atoms with Crippen LogP contribution in [-0.4, -0.2) is 53.4 Å². The van der Waals surface area contributed by atoms with Crippen molar-refractivity contribution in [2.24, 2.45) is 0 Å². The second kappa shape index (κ2) is 9.97. The van der Waals surface area contributed by atoms with Gasteiger partial charge in [0.15, 0.2) is 0 Å². The zero-order valence-corrected chi connectivity index (χ0v) is 18.5. The van der Waals surface area contributed by atoms with E-state index in [4.69, 9.17) is 0 Å². The van der Waals surface area contributed by atoms with Crippen LogP contribution in [0.5, 0.6) is 0 Å². The van der Waals surface area contributed by atoms with E-state index in [2.05, 4.69) is 0 Å². The molecule has 2 rings (SSSR count). The Hall–Kier alpha value is -1.00. The van der Waals surface area contributed by atoms with Crippen LogP contribution in [0, 0.1) is 0 Å².